The third kappa shape index (κ3) is 6.55. The quantitative estimate of drug-likeness (QED) is 0.572. The lowest BCUT2D eigenvalue weighted by Gasteiger charge is -2.37. The lowest BCUT2D eigenvalue weighted by Crippen LogP contribution is -2.42. The number of allylic oxidation sites excluding steroid dienone is 1. The van der Waals surface area contributed by atoms with Gasteiger partial charge < -0.3 is 9.53 Å². The number of aliphatic hydroxyl groups excluding tert-OH is 1. The van der Waals surface area contributed by atoms with Crippen LogP contribution in [0.1, 0.15) is 55.4 Å². The summed E-state index contributed by atoms with van der Waals surface area (Å²) < 4.78 is 6.21. The predicted octanol–water partition coefficient (Wildman–Crippen LogP) is 5.00. The summed E-state index contributed by atoms with van der Waals surface area (Å²) in [6.07, 6.45) is 1.74. The highest BCUT2D eigenvalue weighted by molar-refractivity contribution is 6.74. The molecule has 0 saturated heterocycles. The Bertz CT molecular complexity index is 332. The van der Waals surface area contributed by atoms with Crippen molar-refractivity contribution >= 4 is 8.32 Å². The van der Waals surface area contributed by atoms with Gasteiger partial charge in [-0.1, -0.05) is 54.5 Å². The van der Waals surface area contributed by atoms with E-state index in [2.05, 4.69) is 67.6 Å². The molecule has 2 nitrogen and oxygen atoms in total. The first-order valence-corrected chi connectivity index (χ1v) is 10.6. The Hall–Kier alpha value is -0.123. The molecule has 0 fully saturated rings. The van der Waals surface area contributed by atoms with Crippen molar-refractivity contribution < 1.29 is 9.53 Å². The van der Waals surface area contributed by atoms with Crippen LogP contribution in [-0.2, 0) is 4.43 Å². The topological polar surface area (TPSA) is 29.5 Å². The Morgan fingerprint density at radius 2 is 1.60 bits per heavy atom. The van der Waals surface area contributed by atoms with E-state index < -0.39 is 14.4 Å². The smallest absolute Gasteiger partial charge is 0.191 e. The molecular weight excluding hydrogens is 264 g/mol. The van der Waals surface area contributed by atoms with Crippen molar-refractivity contribution in [2.24, 2.45) is 11.3 Å². The van der Waals surface area contributed by atoms with Crippen molar-refractivity contribution in [1.29, 1.82) is 0 Å². The van der Waals surface area contributed by atoms with Gasteiger partial charge in [0, 0.05) is 12.5 Å². The van der Waals surface area contributed by atoms with Crippen LogP contribution in [0.15, 0.2) is 11.6 Å². The highest BCUT2D eigenvalue weighted by atomic mass is 28.4. The second-order valence-electron chi connectivity index (χ2n) is 8.75. The van der Waals surface area contributed by atoms with Gasteiger partial charge in [0.25, 0.3) is 0 Å². The minimum absolute atomic E-state index is 0.102. The maximum absolute atomic E-state index is 10.4. The number of hydrogen-bond acceptors (Lipinski definition) is 2. The van der Waals surface area contributed by atoms with E-state index >= 15 is 0 Å². The van der Waals surface area contributed by atoms with Crippen LogP contribution in [0.2, 0.25) is 18.1 Å². The fraction of sp³-hybridized carbons (Fsp3) is 0.882. The first kappa shape index (κ1) is 19.9. The second kappa shape index (κ2) is 6.76. The fourth-order valence-electron chi connectivity index (χ4n) is 1.86. The minimum Gasteiger partial charge on any atom is -0.416 e. The molecule has 120 valence electrons. The van der Waals surface area contributed by atoms with Crippen LogP contribution in [0.4, 0.5) is 0 Å². The number of hydrogen-bond donors (Lipinski definition) is 1. The first-order chi connectivity index (χ1) is 8.67. The highest BCUT2D eigenvalue weighted by Gasteiger charge is 2.37. The fourth-order valence-corrected chi connectivity index (χ4v) is 2.98. The molecule has 0 aliphatic heterocycles. The molecule has 0 saturated carbocycles. The molecule has 0 amide bonds. The van der Waals surface area contributed by atoms with Crippen molar-refractivity contribution in [3.05, 3.63) is 11.6 Å². The average molecular weight is 301 g/mol. The largest absolute Gasteiger partial charge is 0.416 e. The lowest BCUT2D eigenvalue weighted by atomic mass is 9.89. The molecule has 0 aromatic heterocycles. The summed E-state index contributed by atoms with van der Waals surface area (Å²) in [6, 6.07) is 0. The van der Waals surface area contributed by atoms with E-state index in [1.807, 2.05) is 6.92 Å². The van der Waals surface area contributed by atoms with Gasteiger partial charge in [-0.3, -0.25) is 0 Å². The predicted molar refractivity (Wildman–Crippen MR) is 91.5 cm³/mol. The molecule has 0 aliphatic rings. The van der Waals surface area contributed by atoms with Gasteiger partial charge >= 0.3 is 0 Å². The molecule has 0 rings (SSSR count). The molecule has 0 aliphatic carbocycles. The van der Waals surface area contributed by atoms with Crippen LogP contribution in [0.5, 0.6) is 0 Å². The number of rotatable bonds is 5. The lowest BCUT2D eigenvalue weighted by molar-refractivity contribution is 0.105. The van der Waals surface area contributed by atoms with Crippen LogP contribution in [-0.4, -0.2) is 26.1 Å². The van der Waals surface area contributed by atoms with Gasteiger partial charge in [0.05, 0.1) is 6.10 Å². The van der Waals surface area contributed by atoms with Gasteiger partial charge in [-0.15, -0.1) is 0 Å². The SMILES string of the molecule is C/C(=C\C(C)(C)C)[C@H](O)[C@H](C)CO[Si](C)(C)C(C)(C)C. The zero-order valence-electron chi connectivity index (χ0n) is 15.3. The molecule has 0 bridgehead atoms. The summed E-state index contributed by atoms with van der Waals surface area (Å²) in [6.45, 7) is 22.4. The van der Waals surface area contributed by atoms with Gasteiger partial charge in [0.15, 0.2) is 8.32 Å². The van der Waals surface area contributed by atoms with Gasteiger partial charge in [-0.25, -0.2) is 0 Å². The van der Waals surface area contributed by atoms with Crippen molar-refractivity contribution in [2.75, 3.05) is 6.61 Å². The van der Waals surface area contributed by atoms with Crippen LogP contribution in [0, 0.1) is 11.3 Å². The zero-order valence-corrected chi connectivity index (χ0v) is 16.3. The molecular formula is C17H36O2Si. The van der Waals surface area contributed by atoms with Gasteiger partial charge in [-0.2, -0.15) is 0 Å². The van der Waals surface area contributed by atoms with E-state index in [1.165, 1.54) is 0 Å². The Morgan fingerprint density at radius 1 is 1.15 bits per heavy atom. The highest BCUT2D eigenvalue weighted by Crippen LogP contribution is 2.37. The van der Waals surface area contributed by atoms with E-state index in [-0.39, 0.29) is 16.4 Å². The van der Waals surface area contributed by atoms with E-state index in [4.69, 9.17) is 4.43 Å². The zero-order chi connectivity index (χ0) is 16.4. The Labute approximate surface area is 127 Å². The van der Waals surface area contributed by atoms with Crippen LogP contribution in [0.3, 0.4) is 0 Å². The number of aliphatic hydroxyl groups is 1. The maximum atomic E-state index is 10.4. The molecule has 0 aromatic rings. The molecule has 0 heterocycles. The van der Waals surface area contributed by atoms with Crippen molar-refractivity contribution in [2.45, 2.75) is 79.6 Å². The summed E-state index contributed by atoms with van der Waals surface area (Å²) in [4.78, 5) is 0. The monoisotopic (exact) mass is 300 g/mol. The van der Waals surface area contributed by atoms with Crippen molar-refractivity contribution in [3.8, 4) is 0 Å². The van der Waals surface area contributed by atoms with Gasteiger partial charge in [0.2, 0.25) is 0 Å². The molecule has 0 unspecified atom stereocenters. The van der Waals surface area contributed by atoms with E-state index in [0.29, 0.717) is 6.61 Å². The Morgan fingerprint density at radius 3 is 1.95 bits per heavy atom. The van der Waals surface area contributed by atoms with Crippen LogP contribution < -0.4 is 0 Å². The van der Waals surface area contributed by atoms with E-state index in [9.17, 15) is 5.11 Å². The average Bonchev–Trinajstić information content (AvgIpc) is 2.20. The van der Waals surface area contributed by atoms with E-state index in [1.54, 1.807) is 0 Å². The molecule has 1 N–H and O–H groups in total. The Kier molecular flexibility index (Phi) is 6.72. The summed E-state index contributed by atoms with van der Waals surface area (Å²) in [5.41, 5.74) is 1.15. The summed E-state index contributed by atoms with van der Waals surface area (Å²) in [7, 11) is -1.73. The normalized spacial score (nSPS) is 18.1. The third-order valence-electron chi connectivity index (χ3n) is 4.18. The molecule has 3 heteroatoms. The van der Waals surface area contributed by atoms with Gasteiger partial charge in [0.1, 0.15) is 0 Å². The van der Waals surface area contributed by atoms with Crippen molar-refractivity contribution in [1.82, 2.24) is 0 Å². The summed E-state index contributed by atoms with van der Waals surface area (Å²) in [5, 5.41) is 10.6. The minimum atomic E-state index is -1.73. The molecule has 2 atom stereocenters. The third-order valence-corrected chi connectivity index (χ3v) is 8.68. The van der Waals surface area contributed by atoms with Crippen molar-refractivity contribution in [3.63, 3.8) is 0 Å². The molecule has 20 heavy (non-hydrogen) atoms. The summed E-state index contributed by atoms with van der Waals surface area (Å²) in [5.74, 6) is 0.128. The molecule has 0 radical (unpaired) electrons. The first-order valence-electron chi connectivity index (χ1n) is 7.69. The van der Waals surface area contributed by atoms with Crippen LogP contribution >= 0.6 is 0 Å². The summed E-state index contributed by atoms with van der Waals surface area (Å²) >= 11 is 0. The molecule has 0 spiro atoms. The van der Waals surface area contributed by atoms with E-state index in [0.717, 1.165) is 5.57 Å². The van der Waals surface area contributed by atoms with Crippen LogP contribution in [0.25, 0.3) is 0 Å². The van der Waals surface area contributed by atoms with Gasteiger partial charge in [-0.05, 0) is 36.0 Å². The maximum Gasteiger partial charge on any atom is 0.191 e. The molecule has 0 aromatic carbocycles. The Balaban J connectivity index is 4.64. The standard InChI is InChI=1S/C17H36O2Si/c1-13(11-16(3,4)5)15(18)14(2)12-19-20(9,10)17(6,7)8/h11,14-15,18H,12H2,1-10H3/b13-11+/t14-,15+/m1/s1. The second-order valence-corrected chi connectivity index (χ2v) is 13.6.